The van der Waals surface area contributed by atoms with Crippen LogP contribution in [-0.2, 0) is 14.3 Å². The zero-order valence-electron chi connectivity index (χ0n) is 12.6. The third-order valence-electron chi connectivity index (χ3n) is 3.11. The summed E-state index contributed by atoms with van der Waals surface area (Å²) in [6, 6.07) is 11.3. The third-order valence-corrected chi connectivity index (χ3v) is 3.11. The molecule has 0 radical (unpaired) electrons. The Kier molecular flexibility index (Phi) is 5.38. The fraction of sp³-hybridized carbons (Fsp3) is 0.235. The van der Waals surface area contributed by atoms with Crippen LogP contribution in [0.1, 0.15) is 0 Å². The molecule has 0 amide bonds. The smallest absolute Gasteiger partial charge is 0.330 e. The van der Waals surface area contributed by atoms with Crippen molar-refractivity contribution in [2.24, 2.45) is 0 Å². The number of ether oxygens (including phenoxy) is 4. The maximum atomic E-state index is 11.1. The largest absolute Gasteiger partial charge is 0.496 e. The highest BCUT2D eigenvalue weighted by molar-refractivity contribution is 5.93. The van der Waals surface area contributed by atoms with Crippen molar-refractivity contribution in [3.8, 4) is 11.5 Å². The second-order valence-electron chi connectivity index (χ2n) is 4.43. The van der Waals surface area contributed by atoms with E-state index in [-0.39, 0.29) is 6.61 Å². The van der Waals surface area contributed by atoms with Gasteiger partial charge in [0, 0.05) is 24.0 Å². The standard InChI is InChI=1S/C17H18O5/c1-4-16(18)21-11-17(20-3)22-15-10-9-14(19-2)12-7-5-6-8-13(12)15/h4-10,17H,1,11H2,2-3H3. The number of rotatable bonds is 7. The molecule has 5 nitrogen and oxygen atoms in total. The van der Waals surface area contributed by atoms with Crippen molar-refractivity contribution in [3.05, 3.63) is 49.1 Å². The van der Waals surface area contributed by atoms with Crippen LogP contribution in [0.15, 0.2) is 49.1 Å². The molecule has 0 aliphatic heterocycles. The Labute approximate surface area is 129 Å². The first-order valence-electron chi connectivity index (χ1n) is 6.74. The van der Waals surface area contributed by atoms with Gasteiger partial charge in [0.05, 0.1) is 7.11 Å². The van der Waals surface area contributed by atoms with Gasteiger partial charge >= 0.3 is 5.97 Å². The van der Waals surface area contributed by atoms with Gasteiger partial charge in [0.1, 0.15) is 11.5 Å². The minimum atomic E-state index is -0.708. The monoisotopic (exact) mass is 302 g/mol. The molecular formula is C17H18O5. The van der Waals surface area contributed by atoms with Gasteiger partial charge in [-0.25, -0.2) is 4.79 Å². The van der Waals surface area contributed by atoms with Crippen molar-refractivity contribution in [1.29, 1.82) is 0 Å². The van der Waals surface area contributed by atoms with E-state index in [1.54, 1.807) is 13.2 Å². The Bertz CT molecular complexity index is 665. The number of hydrogen-bond acceptors (Lipinski definition) is 5. The molecule has 1 atom stereocenters. The molecule has 0 aliphatic rings. The van der Waals surface area contributed by atoms with E-state index >= 15 is 0 Å². The van der Waals surface area contributed by atoms with Crippen LogP contribution in [0.4, 0.5) is 0 Å². The molecule has 0 aliphatic carbocycles. The van der Waals surface area contributed by atoms with E-state index in [4.69, 9.17) is 18.9 Å². The Hall–Kier alpha value is -2.53. The van der Waals surface area contributed by atoms with E-state index in [1.807, 2.05) is 30.3 Å². The summed E-state index contributed by atoms with van der Waals surface area (Å²) >= 11 is 0. The Morgan fingerprint density at radius 3 is 2.36 bits per heavy atom. The minimum absolute atomic E-state index is 0.0261. The average Bonchev–Trinajstić information content (AvgIpc) is 2.58. The molecule has 0 spiro atoms. The molecular weight excluding hydrogens is 284 g/mol. The number of carbonyl (C=O) groups excluding carboxylic acids is 1. The van der Waals surface area contributed by atoms with Crippen LogP contribution in [0.5, 0.6) is 11.5 Å². The Morgan fingerprint density at radius 1 is 1.14 bits per heavy atom. The number of fused-ring (bicyclic) bond motifs is 1. The molecule has 2 rings (SSSR count). The van der Waals surface area contributed by atoms with Gasteiger partial charge in [-0.2, -0.15) is 0 Å². The van der Waals surface area contributed by atoms with Gasteiger partial charge in [-0.3, -0.25) is 0 Å². The number of benzene rings is 2. The molecule has 0 bridgehead atoms. The van der Waals surface area contributed by atoms with E-state index in [0.717, 1.165) is 22.6 Å². The molecule has 1 unspecified atom stereocenters. The highest BCUT2D eigenvalue weighted by atomic mass is 16.7. The van der Waals surface area contributed by atoms with Crippen LogP contribution in [0.2, 0.25) is 0 Å². The highest BCUT2D eigenvalue weighted by Gasteiger charge is 2.14. The molecule has 0 saturated heterocycles. The van der Waals surface area contributed by atoms with E-state index in [9.17, 15) is 4.79 Å². The van der Waals surface area contributed by atoms with Crippen molar-refractivity contribution in [2.75, 3.05) is 20.8 Å². The average molecular weight is 302 g/mol. The molecule has 0 fully saturated rings. The summed E-state index contributed by atoms with van der Waals surface area (Å²) < 4.78 is 21.3. The van der Waals surface area contributed by atoms with E-state index in [1.165, 1.54) is 7.11 Å². The van der Waals surface area contributed by atoms with Gasteiger partial charge in [-0.15, -0.1) is 0 Å². The topological polar surface area (TPSA) is 54.0 Å². The lowest BCUT2D eigenvalue weighted by molar-refractivity contribution is -0.151. The minimum Gasteiger partial charge on any atom is -0.496 e. The van der Waals surface area contributed by atoms with Gasteiger partial charge in [0.25, 0.3) is 0 Å². The lowest BCUT2D eigenvalue weighted by Gasteiger charge is -2.19. The summed E-state index contributed by atoms with van der Waals surface area (Å²) in [4.78, 5) is 11.1. The second-order valence-corrected chi connectivity index (χ2v) is 4.43. The first-order valence-corrected chi connectivity index (χ1v) is 6.74. The molecule has 0 aromatic heterocycles. The zero-order valence-corrected chi connectivity index (χ0v) is 12.6. The first kappa shape index (κ1) is 15.9. The maximum Gasteiger partial charge on any atom is 0.330 e. The summed E-state index contributed by atoms with van der Waals surface area (Å²) in [6.07, 6.45) is 0.385. The van der Waals surface area contributed by atoms with Gasteiger partial charge in [-0.1, -0.05) is 30.8 Å². The summed E-state index contributed by atoms with van der Waals surface area (Å²) in [5.74, 6) is 0.859. The predicted octanol–water partition coefficient (Wildman–Crippen LogP) is 2.93. The fourth-order valence-electron chi connectivity index (χ4n) is 2.03. The SMILES string of the molecule is C=CC(=O)OCC(OC)Oc1ccc(OC)c2ccccc12. The van der Waals surface area contributed by atoms with Crippen molar-refractivity contribution in [3.63, 3.8) is 0 Å². The van der Waals surface area contributed by atoms with Crippen molar-refractivity contribution in [1.82, 2.24) is 0 Å². The van der Waals surface area contributed by atoms with Gasteiger partial charge < -0.3 is 18.9 Å². The summed E-state index contributed by atoms with van der Waals surface area (Å²) in [6.45, 7) is 3.31. The zero-order chi connectivity index (χ0) is 15.9. The lowest BCUT2D eigenvalue weighted by Crippen LogP contribution is -2.26. The Balaban J connectivity index is 2.23. The predicted molar refractivity (Wildman–Crippen MR) is 83.1 cm³/mol. The van der Waals surface area contributed by atoms with Crippen LogP contribution in [-0.4, -0.2) is 33.1 Å². The number of hydrogen-bond donors (Lipinski definition) is 0. The van der Waals surface area contributed by atoms with E-state index in [0.29, 0.717) is 5.75 Å². The molecule has 0 heterocycles. The molecule has 2 aromatic rings. The third kappa shape index (κ3) is 3.56. The molecule has 0 N–H and O–H groups in total. The van der Waals surface area contributed by atoms with Gasteiger partial charge in [-0.05, 0) is 12.1 Å². The maximum absolute atomic E-state index is 11.1. The molecule has 0 saturated carbocycles. The van der Waals surface area contributed by atoms with Gasteiger partial charge in [0.15, 0.2) is 6.61 Å². The summed E-state index contributed by atoms with van der Waals surface area (Å²) in [5, 5.41) is 1.82. The van der Waals surface area contributed by atoms with Crippen LogP contribution < -0.4 is 9.47 Å². The fourth-order valence-corrected chi connectivity index (χ4v) is 2.03. The second kappa shape index (κ2) is 7.47. The van der Waals surface area contributed by atoms with Crippen molar-refractivity contribution >= 4 is 16.7 Å². The van der Waals surface area contributed by atoms with E-state index < -0.39 is 12.3 Å². The number of methoxy groups -OCH3 is 2. The van der Waals surface area contributed by atoms with Gasteiger partial charge in [0.2, 0.25) is 6.29 Å². The molecule has 2 aromatic carbocycles. The molecule has 5 heteroatoms. The number of esters is 1. The van der Waals surface area contributed by atoms with Crippen LogP contribution >= 0.6 is 0 Å². The summed E-state index contributed by atoms with van der Waals surface area (Å²) in [5.41, 5.74) is 0. The van der Waals surface area contributed by atoms with Crippen molar-refractivity contribution < 1.29 is 23.7 Å². The van der Waals surface area contributed by atoms with Crippen LogP contribution in [0, 0.1) is 0 Å². The lowest BCUT2D eigenvalue weighted by atomic mass is 10.1. The van der Waals surface area contributed by atoms with Crippen LogP contribution in [0.3, 0.4) is 0 Å². The van der Waals surface area contributed by atoms with E-state index in [2.05, 4.69) is 6.58 Å². The normalized spacial score (nSPS) is 11.7. The van der Waals surface area contributed by atoms with Crippen molar-refractivity contribution in [2.45, 2.75) is 6.29 Å². The van der Waals surface area contributed by atoms with Crippen LogP contribution in [0.25, 0.3) is 10.8 Å². The highest BCUT2D eigenvalue weighted by Crippen LogP contribution is 2.33. The first-order chi connectivity index (χ1) is 10.7. The quantitative estimate of drug-likeness (QED) is 0.447. The Morgan fingerprint density at radius 2 is 1.77 bits per heavy atom. The molecule has 22 heavy (non-hydrogen) atoms. The number of carbonyl (C=O) groups is 1. The molecule has 116 valence electrons. The summed E-state index contributed by atoms with van der Waals surface area (Å²) in [7, 11) is 3.10.